The number of hydrogen-bond acceptors (Lipinski definition) is 4. The molecule has 0 amide bonds. The topological polar surface area (TPSA) is 65.6 Å². The van der Waals surface area contributed by atoms with Gasteiger partial charge in [-0.2, -0.15) is 5.26 Å². The second kappa shape index (κ2) is 6.30. The Bertz CT molecular complexity index is 513. The maximum Gasteiger partial charge on any atom is 0.124 e. The highest BCUT2D eigenvalue weighted by atomic mass is 19.1. The maximum atomic E-state index is 13.2. The molecule has 4 nitrogen and oxygen atoms in total. The standard InChI is InChI=1S/C14H15FN2O2/c15-12-6-10(8-16)5-11(7-12)9-19-14-3-1-13(17-18)2-4-14/h5-7,14,18H,1-4,9H2. The van der Waals surface area contributed by atoms with Gasteiger partial charge in [0.15, 0.2) is 0 Å². The summed E-state index contributed by atoms with van der Waals surface area (Å²) in [4.78, 5) is 0. The minimum Gasteiger partial charge on any atom is -0.411 e. The number of ether oxygens (including phenoxy) is 1. The number of rotatable bonds is 3. The average Bonchev–Trinajstić information content (AvgIpc) is 2.45. The summed E-state index contributed by atoms with van der Waals surface area (Å²) < 4.78 is 18.9. The summed E-state index contributed by atoms with van der Waals surface area (Å²) in [7, 11) is 0. The predicted molar refractivity (Wildman–Crippen MR) is 67.4 cm³/mol. The molecule has 0 aliphatic heterocycles. The van der Waals surface area contributed by atoms with Crippen molar-refractivity contribution >= 4 is 5.71 Å². The summed E-state index contributed by atoms with van der Waals surface area (Å²) >= 11 is 0. The third-order valence-corrected chi connectivity index (χ3v) is 3.22. The van der Waals surface area contributed by atoms with Crippen LogP contribution in [0.3, 0.4) is 0 Å². The van der Waals surface area contributed by atoms with Gasteiger partial charge >= 0.3 is 0 Å². The Labute approximate surface area is 111 Å². The van der Waals surface area contributed by atoms with E-state index in [-0.39, 0.29) is 6.10 Å². The fraction of sp³-hybridized carbons (Fsp3) is 0.429. The van der Waals surface area contributed by atoms with E-state index in [0.29, 0.717) is 17.7 Å². The lowest BCUT2D eigenvalue weighted by Crippen LogP contribution is -2.21. The van der Waals surface area contributed by atoms with Crippen molar-refractivity contribution in [2.24, 2.45) is 5.16 Å². The average molecular weight is 262 g/mol. The molecule has 1 fully saturated rings. The van der Waals surface area contributed by atoms with Crippen molar-refractivity contribution in [2.45, 2.75) is 38.4 Å². The molecule has 0 unspecified atom stereocenters. The van der Waals surface area contributed by atoms with Gasteiger partial charge in [-0.15, -0.1) is 0 Å². The summed E-state index contributed by atoms with van der Waals surface area (Å²) in [5.74, 6) is -0.420. The van der Waals surface area contributed by atoms with Crippen LogP contribution in [-0.4, -0.2) is 17.0 Å². The molecule has 0 atom stereocenters. The van der Waals surface area contributed by atoms with E-state index in [0.717, 1.165) is 31.4 Å². The number of nitrogens with zero attached hydrogens (tertiary/aromatic N) is 2. The lowest BCUT2D eigenvalue weighted by atomic mass is 9.96. The van der Waals surface area contributed by atoms with Gasteiger partial charge in [-0.3, -0.25) is 0 Å². The Balaban J connectivity index is 1.89. The molecule has 0 aromatic heterocycles. The summed E-state index contributed by atoms with van der Waals surface area (Å²) in [6.07, 6.45) is 3.17. The SMILES string of the molecule is N#Cc1cc(F)cc(COC2CCC(=NO)CC2)c1. The van der Waals surface area contributed by atoms with Crippen molar-refractivity contribution < 1.29 is 14.3 Å². The zero-order valence-corrected chi connectivity index (χ0v) is 10.5. The van der Waals surface area contributed by atoms with E-state index in [1.54, 1.807) is 6.07 Å². The Hall–Kier alpha value is -1.93. The fourth-order valence-electron chi connectivity index (χ4n) is 2.20. The highest BCUT2D eigenvalue weighted by Gasteiger charge is 2.18. The third-order valence-electron chi connectivity index (χ3n) is 3.22. The molecule has 0 bridgehead atoms. The van der Waals surface area contributed by atoms with Crippen LogP contribution in [0.25, 0.3) is 0 Å². The molecule has 0 saturated heterocycles. The van der Waals surface area contributed by atoms with E-state index in [2.05, 4.69) is 5.16 Å². The van der Waals surface area contributed by atoms with Crippen LogP contribution in [0.1, 0.15) is 36.8 Å². The molecule has 1 saturated carbocycles. The van der Waals surface area contributed by atoms with Crippen LogP contribution >= 0.6 is 0 Å². The maximum absolute atomic E-state index is 13.2. The van der Waals surface area contributed by atoms with Crippen LogP contribution < -0.4 is 0 Å². The number of halogens is 1. The summed E-state index contributed by atoms with van der Waals surface area (Å²) in [5.41, 5.74) is 1.77. The summed E-state index contributed by atoms with van der Waals surface area (Å²) in [6, 6.07) is 6.13. The van der Waals surface area contributed by atoms with Gasteiger partial charge in [0.25, 0.3) is 0 Å². The van der Waals surface area contributed by atoms with E-state index < -0.39 is 5.82 Å². The minimum atomic E-state index is -0.420. The zero-order chi connectivity index (χ0) is 13.7. The molecule has 100 valence electrons. The molecule has 0 spiro atoms. The first-order valence-electron chi connectivity index (χ1n) is 6.22. The summed E-state index contributed by atoms with van der Waals surface area (Å²) in [6.45, 7) is 0.294. The fourth-order valence-corrected chi connectivity index (χ4v) is 2.20. The molecule has 5 heteroatoms. The molecule has 1 N–H and O–H groups in total. The second-order valence-electron chi connectivity index (χ2n) is 4.64. The molecule has 1 aromatic rings. The van der Waals surface area contributed by atoms with Crippen molar-refractivity contribution in [3.05, 3.63) is 35.1 Å². The highest BCUT2D eigenvalue weighted by Crippen LogP contribution is 2.20. The van der Waals surface area contributed by atoms with Gasteiger partial charge in [-0.25, -0.2) is 4.39 Å². The first-order valence-corrected chi connectivity index (χ1v) is 6.22. The molecule has 1 aromatic carbocycles. The Morgan fingerprint density at radius 3 is 2.74 bits per heavy atom. The van der Waals surface area contributed by atoms with Crippen LogP contribution in [0.5, 0.6) is 0 Å². The van der Waals surface area contributed by atoms with Crippen LogP contribution in [-0.2, 0) is 11.3 Å². The first kappa shape index (κ1) is 13.5. The minimum absolute atomic E-state index is 0.0966. The molecule has 0 radical (unpaired) electrons. The van der Waals surface area contributed by atoms with Gasteiger partial charge < -0.3 is 9.94 Å². The zero-order valence-electron chi connectivity index (χ0n) is 10.5. The normalized spacial score (nSPS) is 18.9. The number of oxime groups is 1. The van der Waals surface area contributed by atoms with E-state index >= 15 is 0 Å². The molecular formula is C14H15FN2O2. The van der Waals surface area contributed by atoms with Gasteiger partial charge in [-0.05, 0) is 49.4 Å². The molecule has 0 heterocycles. The largest absolute Gasteiger partial charge is 0.411 e. The lowest BCUT2D eigenvalue weighted by molar-refractivity contribution is 0.0276. The Morgan fingerprint density at radius 1 is 1.37 bits per heavy atom. The molecular weight excluding hydrogens is 247 g/mol. The van der Waals surface area contributed by atoms with Crippen LogP contribution in [0.4, 0.5) is 4.39 Å². The van der Waals surface area contributed by atoms with Crippen molar-refractivity contribution in [2.75, 3.05) is 0 Å². The van der Waals surface area contributed by atoms with Gasteiger partial charge in [0.05, 0.1) is 30.1 Å². The van der Waals surface area contributed by atoms with E-state index in [4.69, 9.17) is 15.2 Å². The van der Waals surface area contributed by atoms with Gasteiger partial charge in [0.1, 0.15) is 5.82 Å². The lowest BCUT2D eigenvalue weighted by Gasteiger charge is -2.22. The van der Waals surface area contributed by atoms with Crippen molar-refractivity contribution in [1.29, 1.82) is 5.26 Å². The Kier molecular flexibility index (Phi) is 4.48. The molecule has 2 rings (SSSR count). The van der Waals surface area contributed by atoms with Crippen LogP contribution in [0.2, 0.25) is 0 Å². The van der Waals surface area contributed by atoms with Gasteiger partial charge in [-0.1, -0.05) is 5.16 Å². The smallest absolute Gasteiger partial charge is 0.124 e. The highest BCUT2D eigenvalue weighted by molar-refractivity contribution is 5.84. The van der Waals surface area contributed by atoms with E-state index in [1.807, 2.05) is 6.07 Å². The summed E-state index contributed by atoms with van der Waals surface area (Å²) in [5, 5.41) is 20.6. The van der Waals surface area contributed by atoms with Crippen LogP contribution in [0.15, 0.2) is 23.4 Å². The molecule has 1 aliphatic rings. The molecule has 19 heavy (non-hydrogen) atoms. The second-order valence-corrected chi connectivity index (χ2v) is 4.64. The monoisotopic (exact) mass is 262 g/mol. The van der Waals surface area contributed by atoms with E-state index in [9.17, 15) is 4.39 Å². The van der Waals surface area contributed by atoms with Gasteiger partial charge in [0, 0.05) is 0 Å². The Morgan fingerprint density at radius 2 is 2.11 bits per heavy atom. The quantitative estimate of drug-likeness (QED) is 0.672. The molecule has 1 aliphatic carbocycles. The van der Waals surface area contributed by atoms with Crippen molar-refractivity contribution in [3.63, 3.8) is 0 Å². The first-order chi connectivity index (χ1) is 9.21. The third kappa shape index (κ3) is 3.76. The van der Waals surface area contributed by atoms with Crippen molar-refractivity contribution in [1.82, 2.24) is 0 Å². The van der Waals surface area contributed by atoms with Crippen LogP contribution in [0, 0.1) is 17.1 Å². The number of benzene rings is 1. The number of nitriles is 1. The van der Waals surface area contributed by atoms with Crippen molar-refractivity contribution in [3.8, 4) is 6.07 Å². The van der Waals surface area contributed by atoms with Gasteiger partial charge in [0.2, 0.25) is 0 Å². The number of hydrogen-bond donors (Lipinski definition) is 1. The predicted octanol–water partition coefficient (Wildman–Crippen LogP) is 2.99. The van der Waals surface area contributed by atoms with E-state index in [1.165, 1.54) is 12.1 Å².